The average Bonchev–Trinajstić information content (AvgIpc) is 2.38. The summed E-state index contributed by atoms with van der Waals surface area (Å²) in [4.78, 5) is 2.80. The summed E-state index contributed by atoms with van der Waals surface area (Å²) >= 11 is 8.72. The van der Waals surface area contributed by atoms with Gasteiger partial charge in [0.25, 0.3) is 0 Å². The zero-order valence-corrected chi connectivity index (χ0v) is 13.1. The number of hydrogen-bond donors (Lipinski definition) is 1. The normalized spacial score (nSPS) is 16.6. The highest BCUT2D eigenvalue weighted by atomic mass is 79.9. The van der Waals surface area contributed by atoms with Crippen molar-refractivity contribution in [2.45, 2.75) is 38.1 Å². The van der Waals surface area contributed by atoms with Crippen LogP contribution in [0, 0.1) is 0 Å². The molecule has 0 heterocycles. The van der Waals surface area contributed by atoms with Crippen molar-refractivity contribution in [3.8, 4) is 0 Å². The van der Waals surface area contributed by atoms with Crippen LogP contribution in [-0.2, 0) is 0 Å². The third kappa shape index (κ3) is 2.86. The van der Waals surface area contributed by atoms with Crippen molar-refractivity contribution in [2.75, 3.05) is 11.9 Å². The fourth-order valence-corrected chi connectivity index (χ4v) is 3.63. The van der Waals surface area contributed by atoms with Crippen molar-refractivity contribution in [3.63, 3.8) is 0 Å². The second-order valence-electron chi connectivity index (χ2n) is 4.90. The highest BCUT2D eigenvalue weighted by Crippen LogP contribution is 2.31. The Labute approximate surface area is 123 Å². The second-order valence-corrected chi connectivity index (χ2v) is 6.20. The molecule has 0 amide bonds. The van der Waals surface area contributed by atoms with Crippen LogP contribution < -0.4 is 10.6 Å². The van der Waals surface area contributed by atoms with Crippen LogP contribution in [0.1, 0.15) is 37.7 Å². The van der Waals surface area contributed by atoms with Crippen LogP contribution in [-0.4, -0.2) is 18.1 Å². The lowest BCUT2D eigenvalue weighted by atomic mass is 9.94. The Kier molecular flexibility index (Phi) is 4.62. The zero-order chi connectivity index (χ0) is 13.1. The Bertz CT molecular complexity index is 441. The SMILES string of the molecule is CN(c1cccc(Br)c1C(N)=S)C1CCCCC1. The molecule has 1 aromatic carbocycles. The fraction of sp³-hybridized carbons (Fsp3) is 0.500. The minimum atomic E-state index is 0.458. The quantitative estimate of drug-likeness (QED) is 0.855. The van der Waals surface area contributed by atoms with E-state index >= 15 is 0 Å². The van der Waals surface area contributed by atoms with Gasteiger partial charge in [-0.05, 0) is 40.9 Å². The molecule has 2 rings (SSSR count). The van der Waals surface area contributed by atoms with E-state index < -0.39 is 0 Å². The first-order valence-corrected chi connectivity index (χ1v) is 7.62. The standard InChI is InChI=1S/C14H19BrN2S/c1-17(10-6-3-2-4-7-10)12-9-5-8-11(15)13(12)14(16)18/h5,8-10H,2-4,6-7H2,1H3,(H2,16,18). The lowest BCUT2D eigenvalue weighted by Gasteiger charge is -2.34. The van der Waals surface area contributed by atoms with Gasteiger partial charge >= 0.3 is 0 Å². The Morgan fingerprint density at radius 2 is 2.00 bits per heavy atom. The zero-order valence-electron chi connectivity index (χ0n) is 10.7. The number of hydrogen-bond acceptors (Lipinski definition) is 2. The van der Waals surface area contributed by atoms with Crippen molar-refractivity contribution in [1.29, 1.82) is 0 Å². The highest BCUT2D eigenvalue weighted by molar-refractivity contribution is 9.10. The number of benzene rings is 1. The maximum absolute atomic E-state index is 5.86. The molecule has 0 aliphatic heterocycles. The number of rotatable bonds is 3. The van der Waals surface area contributed by atoms with Crippen molar-refractivity contribution >= 4 is 38.8 Å². The molecule has 98 valence electrons. The van der Waals surface area contributed by atoms with E-state index in [1.807, 2.05) is 12.1 Å². The van der Waals surface area contributed by atoms with Gasteiger partial charge in [-0.3, -0.25) is 0 Å². The van der Waals surface area contributed by atoms with Crippen molar-refractivity contribution in [2.24, 2.45) is 5.73 Å². The number of anilines is 1. The first-order chi connectivity index (χ1) is 8.61. The van der Waals surface area contributed by atoms with Gasteiger partial charge < -0.3 is 10.6 Å². The van der Waals surface area contributed by atoms with Crippen LogP contribution in [0.5, 0.6) is 0 Å². The molecule has 18 heavy (non-hydrogen) atoms. The van der Waals surface area contributed by atoms with Gasteiger partial charge in [-0.1, -0.05) is 37.5 Å². The molecule has 1 aliphatic carbocycles. The summed E-state index contributed by atoms with van der Waals surface area (Å²) < 4.78 is 0.982. The fourth-order valence-electron chi connectivity index (χ4n) is 2.72. The molecule has 0 aromatic heterocycles. The summed E-state index contributed by atoms with van der Waals surface area (Å²) in [6.07, 6.45) is 6.54. The Morgan fingerprint density at radius 3 is 2.61 bits per heavy atom. The van der Waals surface area contributed by atoms with E-state index in [2.05, 4.69) is 33.9 Å². The van der Waals surface area contributed by atoms with Crippen LogP contribution >= 0.6 is 28.1 Å². The molecule has 1 aliphatic rings. The van der Waals surface area contributed by atoms with Gasteiger partial charge in [0.15, 0.2) is 0 Å². The smallest absolute Gasteiger partial charge is 0.107 e. The largest absolute Gasteiger partial charge is 0.389 e. The van der Waals surface area contributed by atoms with Gasteiger partial charge in [0.2, 0.25) is 0 Å². The molecule has 1 aromatic rings. The summed E-state index contributed by atoms with van der Waals surface area (Å²) in [5, 5.41) is 0. The maximum Gasteiger partial charge on any atom is 0.107 e. The molecule has 0 spiro atoms. The van der Waals surface area contributed by atoms with E-state index in [-0.39, 0.29) is 0 Å². The minimum Gasteiger partial charge on any atom is -0.389 e. The van der Waals surface area contributed by atoms with Crippen molar-refractivity contribution in [1.82, 2.24) is 0 Å². The van der Waals surface area contributed by atoms with Gasteiger partial charge in [-0.15, -0.1) is 0 Å². The molecule has 0 bridgehead atoms. The molecule has 0 unspecified atom stereocenters. The van der Waals surface area contributed by atoms with Gasteiger partial charge in [0.05, 0.1) is 0 Å². The van der Waals surface area contributed by atoms with E-state index in [9.17, 15) is 0 Å². The van der Waals surface area contributed by atoms with Crippen molar-refractivity contribution in [3.05, 3.63) is 28.2 Å². The van der Waals surface area contributed by atoms with Crippen LogP contribution in [0.15, 0.2) is 22.7 Å². The molecule has 4 heteroatoms. The van der Waals surface area contributed by atoms with E-state index in [1.54, 1.807) is 0 Å². The van der Waals surface area contributed by atoms with Crippen LogP contribution in [0.2, 0.25) is 0 Å². The van der Waals surface area contributed by atoms with E-state index in [0.717, 1.165) is 15.7 Å². The van der Waals surface area contributed by atoms with Gasteiger partial charge in [0, 0.05) is 28.8 Å². The topological polar surface area (TPSA) is 29.3 Å². The number of nitrogens with two attached hydrogens (primary N) is 1. The van der Waals surface area contributed by atoms with Gasteiger partial charge in [-0.25, -0.2) is 0 Å². The second kappa shape index (κ2) is 6.02. The maximum atomic E-state index is 5.86. The van der Waals surface area contributed by atoms with Gasteiger partial charge in [-0.2, -0.15) is 0 Å². The molecule has 0 radical (unpaired) electrons. The van der Waals surface area contributed by atoms with Crippen molar-refractivity contribution < 1.29 is 0 Å². The summed E-state index contributed by atoms with van der Waals surface area (Å²) in [6.45, 7) is 0. The third-order valence-electron chi connectivity index (χ3n) is 3.74. The lowest BCUT2D eigenvalue weighted by Crippen LogP contribution is -2.34. The minimum absolute atomic E-state index is 0.458. The first-order valence-electron chi connectivity index (χ1n) is 6.42. The van der Waals surface area contributed by atoms with Crippen LogP contribution in [0.25, 0.3) is 0 Å². The molecule has 0 saturated heterocycles. The van der Waals surface area contributed by atoms with Crippen LogP contribution in [0.3, 0.4) is 0 Å². The summed E-state index contributed by atoms with van der Waals surface area (Å²) in [5.41, 5.74) is 7.96. The number of nitrogens with zero attached hydrogens (tertiary/aromatic N) is 1. The molecular formula is C14H19BrN2S. The predicted molar refractivity (Wildman–Crippen MR) is 85.3 cm³/mol. The number of halogens is 1. The lowest BCUT2D eigenvalue weighted by molar-refractivity contribution is 0.427. The molecule has 1 fully saturated rings. The predicted octanol–water partition coefficient (Wildman–Crippen LogP) is 3.85. The monoisotopic (exact) mass is 326 g/mol. The van der Waals surface area contributed by atoms with E-state index in [0.29, 0.717) is 11.0 Å². The molecular weight excluding hydrogens is 308 g/mol. The molecule has 1 saturated carbocycles. The summed E-state index contributed by atoms with van der Waals surface area (Å²) in [5.74, 6) is 0. The third-order valence-corrected chi connectivity index (χ3v) is 4.61. The van der Waals surface area contributed by atoms with Gasteiger partial charge in [0.1, 0.15) is 4.99 Å². The van der Waals surface area contributed by atoms with E-state index in [4.69, 9.17) is 18.0 Å². The molecule has 2 nitrogen and oxygen atoms in total. The number of thiocarbonyl (C=S) groups is 1. The molecule has 0 atom stereocenters. The Morgan fingerprint density at radius 1 is 1.33 bits per heavy atom. The first kappa shape index (κ1) is 13.8. The summed E-state index contributed by atoms with van der Waals surface area (Å²) in [6, 6.07) is 6.75. The van der Waals surface area contributed by atoms with Crippen LogP contribution in [0.4, 0.5) is 5.69 Å². The van der Waals surface area contributed by atoms with E-state index in [1.165, 1.54) is 32.1 Å². The Balaban J connectivity index is 2.31. The average molecular weight is 327 g/mol. The Hall–Kier alpha value is -0.610. The summed E-state index contributed by atoms with van der Waals surface area (Å²) in [7, 11) is 2.15. The highest BCUT2D eigenvalue weighted by Gasteiger charge is 2.21. The molecule has 2 N–H and O–H groups in total.